The Bertz CT molecular complexity index is 1960. The van der Waals surface area contributed by atoms with Gasteiger partial charge in [-0.2, -0.15) is 20.5 Å². The number of Topliss-reactive ketones (excluding diaryl/α,β-unsaturated/α-hetero) is 2. The molecule has 0 bridgehead atoms. The number of ketones is 2. The Morgan fingerprint density at radius 2 is 1.06 bits per heavy atom. The molecule has 4 aromatic carbocycles. The van der Waals surface area contributed by atoms with E-state index < -0.39 is 35.5 Å². The molecule has 2 unspecified atom stereocenters. The van der Waals surface area contributed by atoms with Crippen LogP contribution in [0.25, 0.3) is 11.1 Å². The van der Waals surface area contributed by atoms with Crippen molar-refractivity contribution in [2.24, 2.45) is 20.5 Å². The van der Waals surface area contributed by atoms with Crippen molar-refractivity contribution in [3.63, 3.8) is 0 Å². The number of hydrogen-bond acceptors (Lipinski definition) is 8. The number of hydrogen-bond donors (Lipinski definition) is 2. The lowest BCUT2D eigenvalue weighted by Crippen LogP contribution is -2.31. The first-order valence-electron chi connectivity index (χ1n) is 14.9. The summed E-state index contributed by atoms with van der Waals surface area (Å²) in [5, 5.41) is 22.1. The predicted molar refractivity (Wildman–Crippen MR) is 189 cm³/mol. The highest BCUT2D eigenvalue weighted by atomic mass is 35.5. The summed E-state index contributed by atoms with van der Waals surface area (Å²) in [6, 6.07) is 18.0. The molecule has 0 radical (unpaired) electrons. The van der Waals surface area contributed by atoms with E-state index in [0.717, 1.165) is 22.3 Å². The molecule has 0 saturated carbocycles. The van der Waals surface area contributed by atoms with Gasteiger partial charge in [0, 0.05) is 16.9 Å². The molecule has 2 atom stereocenters. The summed E-state index contributed by atoms with van der Waals surface area (Å²) < 4.78 is 0. The highest BCUT2D eigenvalue weighted by molar-refractivity contribution is 6.37. The van der Waals surface area contributed by atoms with Gasteiger partial charge in [0.15, 0.2) is 11.6 Å². The number of nitrogens with zero attached hydrogens (tertiary/aromatic N) is 4. The van der Waals surface area contributed by atoms with Gasteiger partial charge in [-0.15, -0.1) is 0 Å². The topological polar surface area (TPSA) is 142 Å². The van der Waals surface area contributed by atoms with Gasteiger partial charge in [0.2, 0.25) is 12.1 Å². The Morgan fingerprint density at radius 3 is 1.52 bits per heavy atom. The van der Waals surface area contributed by atoms with Crippen LogP contribution in [0.1, 0.15) is 36.1 Å². The van der Waals surface area contributed by atoms with Crippen LogP contribution in [0.4, 0.5) is 22.7 Å². The van der Waals surface area contributed by atoms with Crippen LogP contribution >= 0.6 is 23.2 Å². The fourth-order valence-corrected chi connectivity index (χ4v) is 4.95. The van der Waals surface area contributed by atoms with E-state index in [1.807, 2.05) is 52.0 Å². The first-order chi connectivity index (χ1) is 22.7. The van der Waals surface area contributed by atoms with Crippen molar-refractivity contribution < 1.29 is 19.2 Å². The van der Waals surface area contributed by atoms with E-state index >= 15 is 0 Å². The van der Waals surface area contributed by atoms with Gasteiger partial charge in [0.1, 0.15) is 5.69 Å². The highest BCUT2D eigenvalue weighted by Crippen LogP contribution is 2.38. The third-order valence-electron chi connectivity index (χ3n) is 7.60. The van der Waals surface area contributed by atoms with Crippen LogP contribution in [0.15, 0.2) is 93.3 Å². The lowest BCUT2D eigenvalue weighted by molar-refractivity contribution is -0.127. The average Bonchev–Trinajstić information content (AvgIpc) is 3.02. The minimum absolute atomic E-state index is 0.176. The van der Waals surface area contributed by atoms with Crippen molar-refractivity contribution in [3.05, 3.63) is 105 Å². The second-order valence-electron chi connectivity index (χ2n) is 11.4. The van der Waals surface area contributed by atoms with Gasteiger partial charge in [-0.25, -0.2) is 0 Å². The summed E-state index contributed by atoms with van der Waals surface area (Å²) in [7, 11) is 0. The van der Waals surface area contributed by atoms with E-state index in [-0.39, 0.29) is 10.7 Å². The molecule has 246 valence electrons. The molecular weight excluding hydrogens is 651 g/mol. The molecule has 0 aliphatic carbocycles. The maximum Gasteiger partial charge on any atom is 0.258 e. The number of nitrogens with one attached hydrogen (secondary N) is 2. The minimum atomic E-state index is -1.39. The molecule has 48 heavy (non-hydrogen) atoms. The molecule has 0 spiro atoms. The summed E-state index contributed by atoms with van der Waals surface area (Å²) in [6.07, 6.45) is 0. The molecule has 0 aliphatic rings. The van der Waals surface area contributed by atoms with Crippen LogP contribution in [0, 0.1) is 27.7 Å². The first-order valence-corrected chi connectivity index (χ1v) is 15.7. The van der Waals surface area contributed by atoms with Crippen molar-refractivity contribution in [1.82, 2.24) is 0 Å². The number of aryl methyl sites for hydroxylation is 4. The third-order valence-corrected chi connectivity index (χ3v) is 8.22. The van der Waals surface area contributed by atoms with Crippen LogP contribution in [0.2, 0.25) is 10.0 Å². The third kappa shape index (κ3) is 9.05. The number of carbonyl (C=O) groups is 4. The van der Waals surface area contributed by atoms with Gasteiger partial charge in [-0.3, -0.25) is 19.2 Å². The normalized spacial score (nSPS) is 12.6. The number of benzene rings is 4. The molecule has 2 N–H and O–H groups in total. The first kappa shape index (κ1) is 35.8. The molecule has 10 nitrogen and oxygen atoms in total. The zero-order chi connectivity index (χ0) is 35.1. The fourth-order valence-electron chi connectivity index (χ4n) is 4.48. The lowest BCUT2D eigenvalue weighted by Gasteiger charge is -2.11. The van der Waals surface area contributed by atoms with Crippen LogP contribution < -0.4 is 10.6 Å². The van der Waals surface area contributed by atoms with Crippen LogP contribution in [0.5, 0.6) is 0 Å². The summed E-state index contributed by atoms with van der Waals surface area (Å²) in [6.45, 7) is 10.3. The van der Waals surface area contributed by atoms with Crippen LogP contribution in [-0.2, 0) is 19.2 Å². The Morgan fingerprint density at radius 1 is 0.583 bits per heavy atom. The fraction of sp³-hybridized carbons (Fsp3) is 0.222. The molecule has 0 aromatic heterocycles. The van der Waals surface area contributed by atoms with E-state index in [9.17, 15) is 19.2 Å². The van der Waals surface area contributed by atoms with E-state index in [1.165, 1.54) is 19.9 Å². The summed E-state index contributed by atoms with van der Waals surface area (Å²) in [4.78, 5) is 50.1. The zero-order valence-electron chi connectivity index (χ0n) is 27.3. The molecule has 2 amide bonds. The number of rotatable bonds is 11. The Kier molecular flexibility index (Phi) is 11.7. The van der Waals surface area contributed by atoms with Gasteiger partial charge in [0.05, 0.1) is 15.7 Å². The SMILES string of the molecule is CC(=O)C(N=Nc1ccc(-c2cc(Cl)c(N=NC(C(C)=O)C(=O)Nc3ccc(C)c(C)c3)cc2Cl)cc1)C(=O)Nc1ccc(C)c(C)c1. The molecule has 0 aliphatic heterocycles. The number of anilines is 2. The summed E-state index contributed by atoms with van der Waals surface area (Å²) in [5.41, 5.74) is 7.10. The van der Waals surface area contributed by atoms with Crippen molar-refractivity contribution in [2.45, 2.75) is 53.6 Å². The quantitative estimate of drug-likeness (QED) is 0.120. The second kappa shape index (κ2) is 15.7. The number of carbonyl (C=O) groups excluding carboxylic acids is 4. The highest BCUT2D eigenvalue weighted by Gasteiger charge is 2.25. The maximum atomic E-state index is 12.8. The number of amides is 2. The predicted octanol–water partition coefficient (Wildman–Crippen LogP) is 9.25. The number of halogens is 2. The average molecular weight is 686 g/mol. The molecule has 4 aromatic rings. The summed E-state index contributed by atoms with van der Waals surface area (Å²) in [5.74, 6) is -2.15. The lowest BCUT2D eigenvalue weighted by atomic mass is 10.0. The molecule has 12 heteroatoms. The second-order valence-corrected chi connectivity index (χ2v) is 12.2. The Balaban J connectivity index is 1.47. The van der Waals surface area contributed by atoms with E-state index in [4.69, 9.17) is 23.2 Å². The van der Waals surface area contributed by atoms with Gasteiger partial charge in [-0.1, -0.05) is 47.5 Å². The maximum absolute atomic E-state index is 12.8. The van der Waals surface area contributed by atoms with Gasteiger partial charge in [0.25, 0.3) is 11.8 Å². The van der Waals surface area contributed by atoms with Gasteiger partial charge in [-0.05, 0) is 118 Å². The van der Waals surface area contributed by atoms with E-state index in [2.05, 4.69) is 31.1 Å². The Hall–Kier alpha value is -5.06. The minimum Gasteiger partial charge on any atom is -0.324 e. The molecule has 0 heterocycles. The molecule has 0 fully saturated rings. The standard InChI is InChI=1S/C36H34Cl2N6O4/c1-19-7-11-27(15-21(19)3)39-35(47)33(23(5)45)43-41-26-13-9-25(10-14-26)29-17-31(38)32(18-30(29)37)42-44-34(24(6)46)36(48)40-28-12-8-20(2)22(4)16-28/h7-18,33-34H,1-6H3,(H,39,47)(H,40,48). The van der Waals surface area contributed by atoms with Crippen LogP contribution in [0.3, 0.4) is 0 Å². The molecule has 0 saturated heterocycles. The zero-order valence-corrected chi connectivity index (χ0v) is 28.8. The smallest absolute Gasteiger partial charge is 0.258 e. The van der Waals surface area contributed by atoms with Gasteiger partial charge < -0.3 is 10.6 Å². The summed E-state index contributed by atoms with van der Waals surface area (Å²) >= 11 is 13.1. The monoisotopic (exact) mass is 684 g/mol. The van der Waals surface area contributed by atoms with Crippen molar-refractivity contribution in [3.8, 4) is 11.1 Å². The molecular formula is C36H34Cl2N6O4. The molecule has 4 rings (SSSR count). The van der Waals surface area contributed by atoms with Crippen LogP contribution in [-0.4, -0.2) is 35.5 Å². The van der Waals surface area contributed by atoms with Gasteiger partial charge >= 0.3 is 0 Å². The number of azo groups is 2. The van der Waals surface area contributed by atoms with E-state index in [0.29, 0.717) is 33.2 Å². The largest absolute Gasteiger partial charge is 0.324 e. The van der Waals surface area contributed by atoms with Crippen molar-refractivity contribution in [2.75, 3.05) is 10.6 Å². The van der Waals surface area contributed by atoms with Crippen molar-refractivity contribution >= 4 is 69.3 Å². The van der Waals surface area contributed by atoms with E-state index in [1.54, 1.807) is 42.5 Å². The Labute approximate surface area is 288 Å². The van der Waals surface area contributed by atoms with Crippen molar-refractivity contribution in [1.29, 1.82) is 0 Å².